The van der Waals surface area contributed by atoms with Crippen LogP contribution < -0.4 is 5.32 Å². The molecule has 5 heteroatoms. The lowest BCUT2D eigenvalue weighted by molar-refractivity contribution is -0.132. The summed E-state index contributed by atoms with van der Waals surface area (Å²) in [5.74, 6) is 0.279. The number of amides is 1. The Morgan fingerprint density at radius 3 is 3.07 bits per heavy atom. The quantitative estimate of drug-likeness (QED) is 0.648. The minimum Gasteiger partial charge on any atom is -0.494 e. The van der Waals surface area contributed by atoms with Crippen molar-refractivity contribution in [2.75, 3.05) is 39.4 Å². The minimum atomic E-state index is -0.0570. The molecule has 0 bridgehead atoms. The summed E-state index contributed by atoms with van der Waals surface area (Å²) in [5, 5.41) is 3.25. The van der Waals surface area contributed by atoms with Crippen LogP contribution in [0.3, 0.4) is 0 Å². The van der Waals surface area contributed by atoms with Crippen LogP contribution in [0.5, 0.6) is 0 Å². The van der Waals surface area contributed by atoms with E-state index in [1.54, 1.807) is 4.90 Å². The molecule has 0 aromatic rings. The summed E-state index contributed by atoms with van der Waals surface area (Å²) in [6.45, 7) is 4.33. The average molecular weight is 212 g/mol. The lowest BCUT2D eigenvalue weighted by Crippen LogP contribution is -2.36. The molecular weight excluding hydrogens is 196 g/mol. The second-order valence-electron chi connectivity index (χ2n) is 3.60. The van der Waals surface area contributed by atoms with E-state index in [1.165, 1.54) is 6.26 Å². The van der Waals surface area contributed by atoms with Crippen molar-refractivity contribution < 1.29 is 14.3 Å². The first-order valence-electron chi connectivity index (χ1n) is 5.32. The molecular formula is C10H16N2O3. The van der Waals surface area contributed by atoms with E-state index in [0.29, 0.717) is 19.0 Å². The summed E-state index contributed by atoms with van der Waals surface area (Å²) >= 11 is 0. The van der Waals surface area contributed by atoms with Crippen molar-refractivity contribution in [3.8, 4) is 0 Å². The Balaban J connectivity index is 1.95. The fourth-order valence-electron chi connectivity index (χ4n) is 1.69. The molecule has 0 aromatic heterocycles. The van der Waals surface area contributed by atoms with E-state index in [1.807, 2.05) is 0 Å². The van der Waals surface area contributed by atoms with Crippen LogP contribution in [0.15, 0.2) is 12.0 Å². The van der Waals surface area contributed by atoms with Gasteiger partial charge in [0.25, 0.3) is 5.91 Å². The number of hydrogen-bond donors (Lipinski definition) is 1. The summed E-state index contributed by atoms with van der Waals surface area (Å²) < 4.78 is 10.3. The minimum absolute atomic E-state index is 0.0570. The van der Waals surface area contributed by atoms with Crippen molar-refractivity contribution in [2.24, 2.45) is 0 Å². The number of hydrogen-bond acceptors (Lipinski definition) is 4. The highest BCUT2D eigenvalue weighted by Gasteiger charge is 2.22. The predicted octanol–water partition coefficient (Wildman–Crippen LogP) is -0.303. The predicted molar refractivity (Wildman–Crippen MR) is 54.1 cm³/mol. The van der Waals surface area contributed by atoms with E-state index in [-0.39, 0.29) is 5.91 Å². The normalized spacial score (nSPS) is 22.1. The molecule has 2 rings (SSSR count). The number of carbonyl (C=O) groups excluding carboxylic acids is 1. The molecule has 2 aliphatic heterocycles. The number of nitrogens with one attached hydrogen (secondary N) is 1. The number of ether oxygens (including phenoxy) is 2. The van der Waals surface area contributed by atoms with Crippen molar-refractivity contribution in [2.45, 2.75) is 6.42 Å². The SMILES string of the molecule is O=C(C1=COCCO1)N1CCCNCC1. The van der Waals surface area contributed by atoms with Crippen LogP contribution in [0.1, 0.15) is 6.42 Å². The van der Waals surface area contributed by atoms with E-state index < -0.39 is 0 Å². The molecule has 1 N–H and O–H groups in total. The molecule has 1 amide bonds. The van der Waals surface area contributed by atoms with Gasteiger partial charge in [-0.05, 0) is 13.0 Å². The van der Waals surface area contributed by atoms with Gasteiger partial charge in [0.1, 0.15) is 19.5 Å². The van der Waals surface area contributed by atoms with Gasteiger partial charge in [-0.25, -0.2) is 0 Å². The number of rotatable bonds is 1. The van der Waals surface area contributed by atoms with Crippen molar-refractivity contribution >= 4 is 5.91 Å². The van der Waals surface area contributed by atoms with Crippen molar-refractivity contribution in [3.63, 3.8) is 0 Å². The zero-order chi connectivity index (χ0) is 10.5. The molecule has 0 radical (unpaired) electrons. The molecule has 0 spiro atoms. The maximum Gasteiger partial charge on any atom is 0.292 e. The van der Waals surface area contributed by atoms with Gasteiger partial charge >= 0.3 is 0 Å². The Morgan fingerprint density at radius 1 is 1.33 bits per heavy atom. The topological polar surface area (TPSA) is 50.8 Å². The second-order valence-corrected chi connectivity index (χ2v) is 3.60. The van der Waals surface area contributed by atoms with E-state index in [4.69, 9.17) is 9.47 Å². The lowest BCUT2D eigenvalue weighted by Gasteiger charge is -2.23. The molecule has 0 unspecified atom stereocenters. The third-order valence-corrected chi connectivity index (χ3v) is 2.49. The monoisotopic (exact) mass is 212 g/mol. The summed E-state index contributed by atoms with van der Waals surface area (Å²) in [7, 11) is 0. The van der Waals surface area contributed by atoms with Gasteiger partial charge in [-0.3, -0.25) is 4.79 Å². The van der Waals surface area contributed by atoms with Crippen molar-refractivity contribution in [1.82, 2.24) is 10.2 Å². The van der Waals surface area contributed by atoms with Gasteiger partial charge in [0.15, 0.2) is 0 Å². The average Bonchev–Trinajstić information content (AvgIpc) is 2.58. The summed E-state index contributed by atoms with van der Waals surface area (Å²) in [4.78, 5) is 13.7. The molecule has 0 atom stereocenters. The van der Waals surface area contributed by atoms with E-state index >= 15 is 0 Å². The zero-order valence-electron chi connectivity index (χ0n) is 8.70. The summed E-state index contributed by atoms with van der Waals surface area (Å²) in [5.41, 5.74) is 0. The first-order valence-corrected chi connectivity index (χ1v) is 5.32. The Hall–Kier alpha value is -1.23. The zero-order valence-corrected chi connectivity index (χ0v) is 8.70. The Bertz CT molecular complexity index is 257. The maximum absolute atomic E-state index is 11.9. The molecule has 0 saturated carbocycles. The van der Waals surface area contributed by atoms with Crippen LogP contribution in [-0.4, -0.2) is 50.2 Å². The molecule has 2 aliphatic rings. The standard InChI is InChI=1S/C10H16N2O3/c13-10(9-8-14-6-7-15-9)12-4-1-2-11-3-5-12/h8,11H,1-7H2. The first-order chi connectivity index (χ1) is 7.38. The van der Waals surface area contributed by atoms with Gasteiger partial charge in [-0.1, -0.05) is 0 Å². The van der Waals surface area contributed by atoms with Crippen molar-refractivity contribution in [1.29, 1.82) is 0 Å². The molecule has 15 heavy (non-hydrogen) atoms. The smallest absolute Gasteiger partial charge is 0.292 e. The molecule has 1 saturated heterocycles. The van der Waals surface area contributed by atoms with Crippen molar-refractivity contribution in [3.05, 3.63) is 12.0 Å². The molecule has 84 valence electrons. The third-order valence-electron chi connectivity index (χ3n) is 2.49. The largest absolute Gasteiger partial charge is 0.494 e. The van der Waals surface area contributed by atoms with Gasteiger partial charge in [0.2, 0.25) is 5.76 Å². The molecule has 1 fully saturated rings. The van der Waals surface area contributed by atoms with Crippen LogP contribution in [0.25, 0.3) is 0 Å². The van der Waals surface area contributed by atoms with Crippen LogP contribution in [0, 0.1) is 0 Å². The van der Waals surface area contributed by atoms with Gasteiger partial charge in [-0.15, -0.1) is 0 Å². The fourth-order valence-corrected chi connectivity index (χ4v) is 1.69. The highest BCUT2D eigenvalue weighted by Crippen LogP contribution is 2.09. The highest BCUT2D eigenvalue weighted by molar-refractivity contribution is 5.91. The first kappa shape index (κ1) is 10.3. The Labute approximate surface area is 89.0 Å². The van der Waals surface area contributed by atoms with Gasteiger partial charge in [0.05, 0.1) is 0 Å². The van der Waals surface area contributed by atoms with Gasteiger partial charge < -0.3 is 19.7 Å². The highest BCUT2D eigenvalue weighted by atomic mass is 16.6. The molecule has 2 heterocycles. The second kappa shape index (κ2) is 5.02. The fraction of sp³-hybridized carbons (Fsp3) is 0.700. The molecule has 0 aromatic carbocycles. The lowest BCUT2D eigenvalue weighted by atomic mass is 10.3. The number of carbonyl (C=O) groups is 1. The maximum atomic E-state index is 11.9. The Kier molecular flexibility index (Phi) is 3.45. The van der Waals surface area contributed by atoms with E-state index in [2.05, 4.69) is 5.32 Å². The molecule has 0 aliphatic carbocycles. The van der Waals surface area contributed by atoms with Crippen LogP contribution in [-0.2, 0) is 14.3 Å². The van der Waals surface area contributed by atoms with E-state index in [9.17, 15) is 4.79 Å². The van der Waals surface area contributed by atoms with E-state index in [0.717, 1.165) is 32.6 Å². The summed E-state index contributed by atoms with van der Waals surface area (Å²) in [6, 6.07) is 0. The van der Waals surface area contributed by atoms with Crippen LogP contribution in [0.2, 0.25) is 0 Å². The Morgan fingerprint density at radius 2 is 2.27 bits per heavy atom. The van der Waals surface area contributed by atoms with Crippen LogP contribution >= 0.6 is 0 Å². The van der Waals surface area contributed by atoms with Gasteiger partial charge in [-0.2, -0.15) is 0 Å². The third kappa shape index (κ3) is 2.62. The summed E-state index contributed by atoms with van der Waals surface area (Å²) in [6.07, 6.45) is 2.41. The van der Waals surface area contributed by atoms with Crippen LogP contribution in [0.4, 0.5) is 0 Å². The van der Waals surface area contributed by atoms with Gasteiger partial charge in [0, 0.05) is 19.6 Å². The molecule has 5 nitrogen and oxygen atoms in total. The number of nitrogens with zero attached hydrogens (tertiary/aromatic N) is 1.